The summed E-state index contributed by atoms with van der Waals surface area (Å²) < 4.78 is 12.0. The Balaban J connectivity index is 1.67. The minimum atomic E-state index is -0.110. The molecule has 0 saturated carbocycles. The van der Waals surface area contributed by atoms with E-state index in [9.17, 15) is 4.79 Å². The third-order valence-electron chi connectivity index (χ3n) is 5.13. The van der Waals surface area contributed by atoms with Crippen molar-refractivity contribution in [2.24, 2.45) is 5.41 Å². The molecule has 2 saturated heterocycles. The highest BCUT2D eigenvalue weighted by Gasteiger charge is 2.47. The van der Waals surface area contributed by atoms with Crippen LogP contribution < -0.4 is 0 Å². The Morgan fingerprint density at radius 3 is 3.12 bits per heavy atom. The van der Waals surface area contributed by atoms with Crippen LogP contribution in [0.2, 0.25) is 0 Å². The summed E-state index contributed by atoms with van der Waals surface area (Å²) in [6, 6.07) is 0. The van der Waals surface area contributed by atoms with Gasteiger partial charge < -0.3 is 19.3 Å². The molecule has 3 heterocycles. The van der Waals surface area contributed by atoms with Gasteiger partial charge in [0.05, 0.1) is 25.5 Å². The van der Waals surface area contributed by atoms with Crippen LogP contribution in [0.15, 0.2) is 18.6 Å². The van der Waals surface area contributed by atoms with Crippen LogP contribution in [0.5, 0.6) is 0 Å². The summed E-state index contributed by atoms with van der Waals surface area (Å²) in [7, 11) is 4.08. The highest BCUT2D eigenvalue weighted by Crippen LogP contribution is 2.40. The molecular formula is C18H28N4O3. The molecule has 2 fully saturated rings. The molecule has 2 atom stereocenters. The molecule has 7 nitrogen and oxygen atoms in total. The van der Waals surface area contributed by atoms with Crippen molar-refractivity contribution >= 4 is 5.91 Å². The Morgan fingerprint density at radius 2 is 2.36 bits per heavy atom. The lowest BCUT2D eigenvalue weighted by Crippen LogP contribution is -2.58. The first-order valence-corrected chi connectivity index (χ1v) is 9.00. The minimum absolute atomic E-state index is 0.0511. The smallest absolute Gasteiger partial charge is 0.274 e. The number of rotatable bonds is 6. The van der Waals surface area contributed by atoms with Crippen LogP contribution in [0.4, 0.5) is 0 Å². The summed E-state index contributed by atoms with van der Waals surface area (Å²) >= 11 is 0. The van der Waals surface area contributed by atoms with Crippen LogP contribution in [-0.4, -0.2) is 85.3 Å². The highest BCUT2D eigenvalue weighted by molar-refractivity contribution is 5.92. The van der Waals surface area contributed by atoms with E-state index in [2.05, 4.69) is 14.9 Å². The summed E-state index contributed by atoms with van der Waals surface area (Å²) in [5.41, 5.74) is 0.294. The number of hydrogen-bond donors (Lipinski definition) is 0. The SMILES string of the molecule is CN(C)CCOC[C@]12CCCO[C@H]1CCN(C(=O)c1cnccn1)C2. The predicted molar refractivity (Wildman–Crippen MR) is 93.3 cm³/mol. The van der Waals surface area contributed by atoms with Crippen LogP contribution in [0.3, 0.4) is 0 Å². The number of likely N-dealkylation sites (N-methyl/N-ethyl adjacent to an activating group) is 1. The average Bonchev–Trinajstić information content (AvgIpc) is 2.65. The largest absolute Gasteiger partial charge is 0.379 e. The van der Waals surface area contributed by atoms with E-state index in [0.717, 1.165) is 32.4 Å². The van der Waals surface area contributed by atoms with Gasteiger partial charge >= 0.3 is 0 Å². The Kier molecular flexibility index (Phi) is 5.98. The molecule has 1 aromatic rings. The van der Waals surface area contributed by atoms with E-state index >= 15 is 0 Å². The molecule has 1 aromatic heterocycles. The summed E-state index contributed by atoms with van der Waals surface area (Å²) in [4.78, 5) is 24.9. The standard InChI is InChI=1S/C18H28N4O3/c1-21(2)9-11-24-14-18-5-3-10-25-16(18)4-8-22(13-18)17(23)15-12-19-6-7-20-15/h6-7,12,16H,3-5,8-11,13-14H2,1-2H3/t16-,18+/m0/s1. The van der Waals surface area contributed by atoms with E-state index in [1.54, 1.807) is 12.4 Å². The lowest BCUT2D eigenvalue weighted by atomic mass is 9.73. The molecule has 2 aliphatic rings. The van der Waals surface area contributed by atoms with E-state index in [1.807, 2.05) is 19.0 Å². The van der Waals surface area contributed by atoms with Crippen LogP contribution in [0, 0.1) is 5.41 Å². The minimum Gasteiger partial charge on any atom is -0.379 e. The number of nitrogens with zero attached hydrogens (tertiary/aromatic N) is 4. The van der Waals surface area contributed by atoms with Crippen LogP contribution >= 0.6 is 0 Å². The summed E-state index contributed by atoms with van der Waals surface area (Å²) in [6.45, 7) is 4.38. The van der Waals surface area contributed by atoms with Crippen molar-refractivity contribution in [1.29, 1.82) is 0 Å². The molecule has 0 aromatic carbocycles. The van der Waals surface area contributed by atoms with E-state index in [4.69, 9.17) is 9.47 Å². The highest BCUT2D eigenvalue weighted by atomic mass is 16.5. The van der Waals surface area contributed by atoms with Crippen LogP contribution in [0.1, 0.15) is 29.8 Å². The topological polar surface area (TPSA) is 67.8 Å². The van der Waals surface area contributed by atoms with Crippen molar-refractivity contribution < 1.29 is 14.3 Å². The molecule has 1 amide bonds. The fraction of sp³-hybridized carbons (Fsp3) is 0.722. The second kappa shape index (κ2) is 8.21. The van der Waals surface area contributed by atoms with Crippen molar-refractivity contribution in [1.82, 2.24) is 19.8 Å². The van der Waals surface area contributed by atoms with Gasteiger partial charge in [-0.3, -0.25) is 9.78 Å². The molecule has 25 heavy (non-hydrogen) atoms. The zero-order valence-electron chi connectivity index (χ0n) is 15.2. The molecule has 0 radical (unpaired) electrons. The van der Waals surface area contributed by atoms with E-state index in [1.165, 1.54) is 6.20 Å². The van der Waals surface area contributed by atoms with Gasteiger partial charge in [-0.2, -0.15) is 0 Å². The van der Waals surface area contributed by atoms with E-state index < -0.39 is 0 Å². The molecule has 7 heteroatoms. The van der Waals surface area contributed by atoms with Gasteiger partial charge in [0.1, 0.15) is 5.69 Å². The Bertz CT molecular complexity index is 569. The van der Waals surface area contributed by atoms with Crippen LogP contribution in [-0.2, 0) is 9.47 Å². The van der Waals surface area contributed by atoms with Gasteiger partial charge in [0.25, 0.3) is 5.91 Å². The van der Waals surface area contributed by atoms with Crippen molar-refractivity contribution in [3.8, 4) is 0 Å². The number of aromatic nitrogens is 2. The van der Waals surface area contributed by atoms with Crippen LogP contribution in [0.25, 0.3) is 0 Å². The van der Waals surface area contributed by atoms with Gasteiger partial charge in [-0.05, 0) is 33.4 Å². The normalized spacial score (nSPS) is 26.5. The fourth-order valence-corrected chi connectivity index (χ4v) is 3.77. The van der Waals surface area contributed by atoms with Crippen molar-refractivity contribution in [2.75, 3.05) is 53.6 Å². The van der Waals surface area contributed by atoms with E-state index in [0.29, 0.717) is 32.0 Å². The third-order valence-corrected chi connectivity index (χ3v) is 5.13. The second-order valence-corrected chi connectivity index (χ2v) is 7.29. The Morgan fingerprint density at radius 1 is 1.48 bits per heavy atom. The van der Waals surface area contributed by atoms with Crippen molar-refractivity contribution in [2.45, 2.75) is 25.4 Å². The first-order valence-electron chi connectivity index (χ1n) is 9.00. The fourth-order valence-electron chi connectivity index (χ4n) is 3.77. The quantitative estimate of drug-likeness (QED) is 0.716. The summed E-state index contributed by atoms with van der Waals surface area (Å²) in [5.74, 6) is -0.0511. The molecular weight excluding hydrogens is 320 g/mol. The van der Waals surface area contributed by atoms with Crippen molar-refractivity contribution in [3.63, 3.8) is 0 Å². The molecule has 0 unspecified atom stereocenters. The van der Waals surface area contributed by atoms with Gasteiger partial charge in [0.15, 0.2) is 0 Å². The number of amides is 1. The number of hydrogen-bond acceptors (Lipinski definition) is 6. The van der Waals surface area contributed by atoms with Crippen molar-refractivity contribution in [3.05, 3.63) is 24.3 Å². The Hall–Kier alpha value is -1.57. The lowest BCUT2D eigenvalue weighted by Gasteiger charge is -2.50. The zero-order chi connectivity index (χ0) is 17.7. The summed E-state index contributed by atoms with van der Waals surface area (Å²) in [6.07, 6.45) is 7.74. The van der Waals surface area contributed by atoms with Gasteiger partial charge in [-0.15, -0.1) is 0 Å². The first kappa shape index (κ1) is 18.2. The van der Waals surface area contributed by atoms with Gasteiger partial charge in [0.2, 0.25) is 0 Å². The molecule has 0 bridgehead atoms. The zero-order valence-corrected chi connectivity index (χ0v) is 15.2. The summed E-state index contributed by atoms with van der Waals surface area (Å²) in [5, 5.41) is 0. The molecule has 3 rings (SSSR count). The molecule has 0 N–H and O–H groups in total. The number of likely N-dealkylation sites (tertiary alicyclic amines) is 1. The number of piperidine rings is 1. The number of ether oxygens (including phenoxy) is 2. The van der Waals surface area contributed by atoms with Gasteiger partial charge in [-0.1, -0.05) is 0 Å². The predicted octanol–water partition coefficient (Wildman–Crippen LogP) is 1.07. The average molecular weight is 348 g/mol. The van der Waals surface area contributed by atoms with E-state index in [-0.39, 0.29) is 17.4 Å². The maximum Gasteiger partial charge on any atom is 0.274 e. The second-order valence-electron chi connectivity index (χ2n) is 7.29. The maximum absolute atomic E-state index is 12.8. The number of fused-ring (bicyclic) bond motifs is 1. The lowest BCUT2D eigenvalue weighted by molar-refractivity contribution is -0.147. The molecule has 0 aliphatic carbocycles. The molecule has 0 spiro atoms. The van der Waals surface area contributed by atoms with Gasteiger partial charge in [0, 0.05) is 44.0 Å². The number of carbonyl (C=O) groups is 1. The monoisotopic (exact) mass is 348 g/mol. The maximum atomic E-state index is 12.8. The third kappa shape index (κ3) is 4.34. The first-order chi connectivity index (χ1) is 12.1. The molecule has 138 valence electrons. The number of carbonyl (C=O) groups excluding carboxylic acids is 1. The van der Waals surface area contributed by atoms with Gasteiger partial charge in [-0.25, -0.2) is 4.98 Å². The molecule has 2 aliphatic heterocycles. The Labute approximate surface area is 149 Å².